The lowest BCUT2D eigenvalue weighted by atomic mass is 10.0. The van der Waals surface area contributed by atoms with Crippen molar-refractivity contribution in [3.8, 4) is 0 Å². The average Bonchev–Trinajstić information content (AvgIpc) is 3.50. The molecule has 2 atom stereocenters. The number of anilines is 1. The Bertz CT molecular complexity index is 1480. The first kappa shape index (κ1) is 28.5. The van der Waals surface area contributed by atoms with Crippen LogP contribution in [0.15, 0.2) is 39.6 Å². The number of thioether (sulfide) groups is 2. The van der Waals surface area contributed by atoms with Gasteiger partial charge in [-0.1, -0.05) is 29.6 Å². The van der Waals surface area contributed by atoms with E-state index in [9.17, 15) is 27.9 Å². The van der Waals surface area contributed by atoms with E-state index in [0.29, 0.717) is 16.5 Å². The fourth-order valence-electron chi connectivity index (χ4n) is 3.45. The second-order valence-corrected chi connectivity index (χ2v) is 12.6. The molecule has 1 unspecified atom stereocenters. The zero-order valence-corrected chi connectivity index (χ0v) is 23.6. The van der Waals surface area contributed by atoms with Gasteiger partial charge in [0.25, 0.3) is 11.8 Å². The van der Waals surface area contributed by atoms with Gasteiger partial charge in [0.1, 0.15) is 29.4 Å². The molecule has 4 rings (SSSR count). The van der Waals surface area contributed by atoms with Crippen LogP contribution in [0.3, 0.4) is 0 Å². The van der Waals surface area contributed by atoms with Crippen molar-refractivity contribution in [2.24, 2.45) is 12.2 Å². The van der Waals surface area contributed by atoms with E-state index < -0.39 is 39.2 Å². The van der Waals surface area contributed by atoms with Crippen LogP contribution in [0, 0.1) is 0 Å². The number of amides is 2. The van der Waals surface area contributed by atoms with E-state index in [1.807, 2.05) is 0 Å². The van der Waals surface area contributed by atoms with Crippen LogP contribution in [0.4, 0.5) is 5.13 Å². The van der Waals surface area contributed by atoms with E-state index >= 15 is 0 Å². The summed E-state index contributed by atoms with van der Waals surface area (Å²) in [7, 11) is -1.95. The molecule has 2 aliphatic heterocycles. The standard InChI is InChI=1S/C19H21N9O7S4/c1-4-5-35-23-11(10-8-37-18(20-10)24-39(3,33)34)14(29)21-12-15(30)28-13(17(31)32)9(6-36-16(12)28)7-38-19-22-25-26-27(19)2/h4,8,12,16H,1,5-7H2,2-3H3,(H,20,24)(H,21,29)(H,31,32)/t12?,16-/m0/s1. The Morgan fingerprint density at radius 3 is 2.85 bits per heavy atom. The van der Waals surface area contributed by atoms with E-state index in [0.717, 1.165) is 22.5 Å². The number of thiazole rings is 1. The number of carboxylic acid groups (broad SMARTS) is 1. The van der Waals surface area contributed by atoms with Crippen molar-refractivity contribution in [3.05, 3.63) is 35.0 Å². The Morgan fingerprint density at radius 1 is 1.44 bits per heavy atom. The number of rotatable bonds is 12. The van der Waals surface area contributed by atoms with Gasteiger partial charge in [-0.25, -0.2) is 22.9 Å². The zero-order valence-electron chi connectivity index (χ0n) is 20.3. The number of hydrogen-bond acceptors (Lipinski definition) is 14. The van der Waals surface area contributed by atoms with Gasteiger partial charge in [0.05, 0.1) is 6.26 Å². The minimum absolute atomic E-state index is 0.00388. The fourth-order valence-corrected chi connectivity index (χ4v) is 7.33. The Labute approximate surface area is 234 Å². The molecule has 2 aromatic heterocycles. The molecule has 208 valence electrons. The van der Waals surface area contributed by atoms with Crippen molar-refractivity contribution in [3.63, 3.8) is 0 Å². The number of oxime groups is 1. The molecule has 4 heterocycles. The second-order valence-electron chi connectivity index (χ2n) is 7.93. The summed E-state index contributed by atoms with van der Waals surface area (Å²) in [6, 6.07) is -1.04. The fraction of sp³-hybridized carbons (Fsp3) is 0.368. The van der Waals surface area contributed by atoms with Gasteiger partial charge in [0, 0.05) is 23.9 Å². The molecule has 0 bridgehead atoms. The number of aryl methyl sites for hydroxylation is 1. The highest BCUT2D eigenvalue weighted by Crippen LogP contribution is 2.41. The molecule has 0 aromatic carbocycles. The highest BCUT2D eigenvalue weighted by molar-refractivity contribution is 8.01. The SMILES string of the molecule is C=CCON=C(C(=O)NC1C(=O)N2C(C(=O)O)=C(CSc3nnnn3C)CS[C@@H]12)c1csc(NS(C)(=O)=O)n1. The van der Waals surface area contributed by atoms with Crippen LogP contribution in [0.1, 0.15) is 5.69 Å². The van der Waals surface area contributed by atoms with Crippen LogP contribution in [0.2, 0.25) is 0 Å². The Morgan fingerprint density at radius 2 is 2.21 bits per heavy atom. The molecule has 1 fully saturated rings. The molecule has 39 heavy (non-hydrogen) atoms. The van der Waals surface area contributed by atoms with Crippen LogP contribution < -0.4 is 10.0 Å². The average molecular weight is 616 g/mol. The van der Waals surface area contributed by atoms with Gasteiger partial charge >= 0.3 is 5.97 Å². The number of aliphatic carboxylic acids is 1. The summed E-state index contributed by atoms with van der Waals surface area (Å²) in [6.45, 7) is 3.48. The van der Waals surface area contributed by atoms with Gasteiger partial charge in [-0.3, -0.25) is 19.2 Å². The molecule has 2 aliphatic rings. The molecular weight excluding hydrogens is 595 g/mol. The van der Waals surface area contributed by atoms with Crippen molar-refractivity contribution in [2.45, 2.75) is 16.6 Å². The molecule has 16 nitrogen and oxygen atoms in total. The Hall–Kier alpha value is -3.49. The van der Waals surface area contributed by atoms with E-state index in [1.165, 1.54) is 39.7 Å². The lowest BCUT2D eigenvalue weighted by Gasteiger charge is -2.49. The summed E-state index contributed by atoms with van der Waals surface area (Å²) in [5.41, 5.74) is 0.0841. The monoisotopic (exact) mass is 615 g/mol. The third-order valence-corrected chi connectivity index (χ3v) is 8.96. The van der Waals surface area contributed by atoms with Gasteiger partial charge in [0.2, 0.25) is 15.2 Å². The maximum Gasteiger partial charge on any atom is 0.352 e. The van der Waals surface area contributed by atoms with Crippen LogP contribution in [-0.2, 0) is 36.3 Å². The number of carbonyl (C=O) groups is 3. The van der Waals surface area contributed by atoms with Gasteiger partial charge in [-0.2, -0.15) is 0 Å². The number of β-lactam (4-membered cyclic amide) rings is 1. The topological polar surface area (TPSA) is 211 Å². The molecule has 0 spiro atoms. The largest absolute Gasteiger partial charge is 0.477 e. The summed E-state index contributed by atoms with van der Waals surface area (Å²) in [5, 5.41) is 28.6. The van der Waals surface area contributed by atoms with Crippen molar-refractivity contribution in [2.75, 3.05) is 29.1 Å². The van der Waals surface area contributed by atoms with Crippen LogP contribution in [0.25, 0.3) is 0 Å². The Balaban J connectivity index is 1.50. The molecule has 1 saturated heterocycles. The molecule has 2 aromatic rings. The molecule has 2 amide bonds. The van der Waals surface area contributed by atoms with Crippen molar-refractivity contribution in [1.82, 2.24) is 35.4 Å². The summed E-state index contributed by atoms with van der Waals surface area (Å²) in [4.78, 5) is 48.6. The van der Waals surface area contributed by atoms with E-state index in [2.05, 4.69) is 42.3 Å². The first-order valence-electron chi connectivity index (χ1n) is 10.8. The molecule has 0 aliphatic carbocycles. The number of hydrogen-bond donors (Lipinski definition) is 3. The molecule has 0 saturated carbocycles. The number of carboxylic acids is 1. The smallest absolute Gasteiger partial charge is 0.352 e. The quantitative estimate of drug-likeness (QED) is 0.0686. The molecule has 20 heteroatoms. The van der Waals surface area contributed by atoms with Gasteiger partial charge in [0.15, 0.2) is 10.8 Å². The van der Waals surface area contributed by atoms with Crippen molar-refractivity contribution < 1.29 is 32.7 Å². The van der Waals surface area contributed by atoms with Crippen molar-refractivity contribution in [1.29, 1.82) is 0 Å². The second kappa shape index (κ2) is 11.7. The number of aromatic nitrogens is 5. The predicted molar refractivity (Wildman–Crippen MR) is 142 cm³/mol. The maximum atomic E-state index is 13.1. The third-order valence-electron chi connectivity index (χ3n) is 5.08. The zero-order chi connectivity index (χ0) is 28.3. The summed E-state index contributed by atoms with van der Waals surface area (Å²) >= 11 is 3.46. The first-order valence-corrected chi connectivity index (χ1v) is 15.6. The maximum absolute atomic E-state index is 13.1. The number of tetrazole rings is 1. The van der Waals surface area contributed by atoms with Gasteiger partial charge in [-0.15, -0.1) is 28.2 Å². The molecule has 0 radical (unpaired) electrons. The minimum Gasteiger partial charge on any atom is -0.477 e. The van der Waals surface area contributed by atoms with E-state index in [-0.39, 0.29) is 34.6 Å². The highest BCUT2D eigenvalue weighted by Gasteiger charge is 2.54. The minimum atomic E-state index is -3.61. The van der Waals surface area contributed by atoms with Gasteiger partial charge in [-0.05, 0) is 16.0 Å². The summed E-state index contributed by atoms with van der Waals surface area (Å²) < 4.78 is 26.7. The molecular formula is C19H21N9O7S4. The normalized spacial score (nSPS) is 19.3. The lowest BCUT2D eigenvalue weighted by Crippen LogP contribution is -2.71. The number of sulfonamides is 1. The van der Waals surface area contributed by atoms with E-state index in [4.69, 9.17) is 4.84 Å². The van der Waals surface area contributed by atoms with Crippen molar-refractivity contribution >= 4 is 73.5 Å². The summed E-state index contributed by atoms with van der Waals surface area (Å²) in [6.07, 6.45) is 2.36. The summed E-state index contributed by atoms with van der Waals surface area (Å²) in [5.74, 6) is -2.13. The first-order chi connectivity index (χ1) is 18.5. The highest BCUT2D eigenvalue weighted by atomic mass is 32.2. The molecule has 3 N–H and O–H groups in total. The number of carbonyl (C=O) groups excluding carboxylic acids is 2. The number of fused-ring (bicyclic) bond motifs is 1. The number of nitrogens with one attached hydrogen (secondary N) is 2. The Kier molecular flexibility index (Phi) is 8.57. The van der Waals surface area contributed by atoms with Crippen LogP contribution >= 0.6 is 34.9 Å². The lowest BCUT2D eigenvalue weighted by molar-refractivity contribution is -0.150. The predicted octanol–water partition coefficient (Wildman–Crippen LogP) is -0.524. The third kappa shape index (κ3) is 6.40. The van der Waals surface area contributed by atoms with Gasteiger partial charge < -0.3 is 15.3 Å². The number of nitrogens with zero attached hydrogens (tertiary/aromatic N) is 7. The van der Waals surface area contributed by atoms with Crippen LogP contribution in [-0.4, -0.2) is 103 Å². The van der Waals surface area contributed by atoms with E-state index in [1.54, 1.807) is 7.05 Å². The van der Waals surface area contributed by atoms with Crippen LogP contribution in [0.5, 0.6) is 0 Å².